The van der Waals surface area contributed by atoms with Gasteiger partial charge in [-0.25, -0.2) is 4.79 Å². The number of rotatable bonds is 16. The van der Waals surface area contributed by atoms with Crippen LogP contribution in [0.15, 0.2) is 54.6 Å². The van der Waals surface area contributed by atoms with Crippen molar-refractivity contribution in [3.63, 3.8) is 0 Å². The number of carbonyl (C=O) groups is 4. The summed E-state index contributed by atoms with van der Waals surface area (Å²) in [6.07, 6.45) is 1.40. The van der Waals surface area contributed by atoms with Gasteiger partial charge >= 0.3 is 6.03 Å². The molecule has 3 atom stereocenters. The van der Waals surface area contributed by atoms with Crippen molar-refractivity contribution in [2.75, 3.05) is 6.61 Å². The molecule has 0 fully saturated rings. The minimum absolute atomic E-state index is 0.0263. The van der Waals surface area contributed by atoms with E-state index < -0.39 is 34.8 Å². The van der Waals surface area contributed by atoms with Crippen molar-refractivity contribution in [1.29, 1.82) is 0 Å². The van der Waals surface area contributed by atoms with Crippen molar-refractivity contribution in [3.05, 3.63) is 65.7 Å². The molecule has 0 aromatic heterocycles. The van der Waals surface area contributed by atoms with Crippen LogP contribution in [0.5, 0.6) is 5.75 Å². The predicted octanol–water partition coefficient (Wildman–Crippen LogP) is 3.77. The summed E-state index contributed by atoms with van der Waals surface area (Å²) in [7, 11) is 3.47. The molecule has 2 rings (SSSR count). The third-order valence-corrected chi connectivity index (χ3v) is 7.32. The molecule has 0 saturated carbocycles. The molecule has 0 aliphatic carbocycles. The molecule has 0 bridgehead atoms. The number of hydrogen-bond acceptors (Lipinski definition) is 5. The van der Waals surface area contributed by atoms with Crippen molar-refractivity contribution in [2.45, 2.75) is 75.2 Å². The molecule has 41 heavy (non-hydrogen) atoms. The fraction of sp³-hybridized carbons (Fsp3) is 0.467. The fourth-order valence-electron chi connectivity index (χ4n) is 3.93. The highest BCUT2D eigenvalue weighted by atomic mass is 127. The Balaban J connectivity index is 1.95. The Bertz CT molecular complexity index is 1150. The summed E-state index contributed by atoms with van der Waals surface area (Å²) >= 11 is 2.35. The van der Waals surface area contributed by atoms with Gasteiger partial charge in [-0.2, -0.15) is 0 Å². The van der Waals surface area contributed by atoms with Gasteiger partial charge in [-0.05, 0) is 48.4 Å². The molecule has 2 aromatic carbocycles. The molecular weight excluding hydrogens is 651 g/mol. The van der Waals surface area contributed by atoms with E-state index in [9.17, 15) is 19.2 Å². The van der Waals surface area contributed by atoms with E-state index in [4.69, 9.17) is 4.74 Å². The first-order valence-corrected chi connectivity index (χ1v) is 15.5. The number of amides is 4. The number of Topliss-reactive ketones (excluding diaryl/α,β-unsaturated/α-hetero) is 1. The van der Waals surface area contributed by atoms with Crippen LogP contribution in [0.25, 0.3) is 0 Å². The van der Waals surface area contributed by atoms with Gasteiger partial charge in [0.1, 0.15) is 10.9 Å². The van der Waals surface area contributed by atoms with Crippen LogP contribution in [-0.2, 0) is 27.5 Å². The molecule has 0 aliphatic rings. The van der Waals surface area contributed by atoms with Gasteiger partial charge in [-0.1, -0.05) is 92.8 Å². The third kappa shape index (κ3) is 12.2. The van der Waals surface area contributed by atoms with Gasteiger partial charge in [0.05, 0.1) is 22.9 Å². The number of benzene rings is 2. The first-order chi connectivity index (χ1) is 19.4. The minimum Gasteiger partial charge on any atom is -0.494 e. The van der Waals surface area contributed by atoms with Crippen LogP contribution >= 0.6 is 22.6 Å². The molecule has 2 unspecified atom stereocenters. The smallest absolute Gasteiger partial charge is 0.315 e. The molecule has 0 aliphatic heterocycles. The molecule has 2 aromatic rings. The van der Waals surface area contributed by atoms with Crippen molar-refractivity contribution in [3.8, 4) is 5.75 Å². The van der Waals surface area contributed by atoms with E-state index in [-0.39, 0.29) is 31.8 Å². The average molecular weight is 692 g/mol. The van der Waals surface area contributed by atoms with Crippen molar-refractivity contribution >= 4 is 56.5 Å². The summed E-state index contributed by atoms with van der Waals surface area (Å²) in [5, 5.41) is 9.22. The van der Waals surface area contributed by atoms with Crippen LogP contribution in [0, 0.1) is 5.92 Å². The average Bonchev–Trinajstić information content (AvgIpc) is 2.93. The van der Waals surface area contributed by atoms with Gasteiger partial charge in [0.2, 0.25) is 11.7 Å². The molecule has 0 heterocycles. The molecule has 4 N–H and O–H groups in total. The Kier molecular flexibility index (Phi) is 14.3. The summed E-state index contributed by atoms with van der Waals surface area (Å²) < 4.78 is 6.23. The Hall–Kier alpha value is -2.93. The van der Waals surface area contributed by atoms with E-state index in [2.05, 4.69) is 61.0 Å². The van der Waals surface area contributed by atoms with Gasteiger partial charge in [0.25, 0.3) is 5.91 Å². The molecular formula is C30H40IN4O5Si. The van der Waals surface area contributed by atoms with Gasteiger partial charge in [0, 0.05) is 17.0 Å². The van der Waals surface area contributed by atoms with E-state index in [1.807, 2.05) is 68.4 Å². The normalized spacial score (nSPS) is 13.8. The first kappa shape index (κ1) is 34.3. The van der Waals surface area contributed by atoms with E-state index in [1.165, 1.54) is 0 Å². The number of urea groups is 1. The summed E-state index contributed by atoms with van der Waals surface area (Å²) in [5.74, 6) is -1.41. The molecule has 9 nitrogen and oxygen atoms in total. The lowest BCUT2D eigenvalue weighted by Gasteiger charge is -2.32. The van der Waals surface area contributed by atoms with Crippen LogP contribution in [-0.4, -0.2) is 55.6 Å². The van der Waals surface area contributed by atoms with Crippen molar-refractivity contribution in [1.82, 2.24) is 21.3 Å². The van der Waals surface area contributed by atoms with Crippen LogP contribution in [0.1, 0.15) is 58.1 Å². The van der Waals surface area contributed by atoms with Crippen LogP contribution in [0.3, 0.4) is 0 Å². The lowest BCUT2D eigenvalue weighted by Crippen LogP contribution is -2.64. The lowest BCUT2D eigenvalue weighted by atomic mass is 10.0. The number of ketones is 1. The Morgan fingerprint density at radius 1 is 0.927 bits per heavy atom. The van der Waals surface area contributed by atoms with E-state index in [1.54, 1.807) is 6.92 Å². The fourth-order valence-corrected chi connectivity index (χ4v) is 4.78. The molecule has 0 spiro atoms. The molecule has 3 radical (unpaired) electrons. The van der Waals surface area contributed by atoms with Crippen LogP contribution < -0.4 is 26.0 Å². The van der Waals surface area contributed by atoms with E-state index in [0.29, 0.717) is 10.5 Å². The SMILES string of the molecule is CCC(NC(=O)[C@@]([Si])(CC(C)C)NC(=O)NCc1ccccc1)C(=O)C(=O)NCc1ccc(OCCC(C)I)cc1. The second-order valence-electron chi connectivity index (χ2n) is 10.3. The highest BCUT2D eigenvalue weighted by Gasteiger charge is 2.38. The quantitative estimate of drug-likeness (QED) is 0.0924. The van der Waals surface area contributed by atoms with Gasteiger partial charge in [-0.3, -0.25) is 14.4 Å². The first-order valence-electron chi connectivity index (χ1n) is 13.8. The van der Waals surface area contributed by atoms with E-state index >= 15 is 0 Å². The number of hydrogen-bond donors (Lipinski definition) is 4. The van der Waals surface area contributed by atoms with Gasteiger partial charge < -0.3 is 26.0 Å². The number of ether oxygens (including phenoxy) is 1. The number of carbonyl (C=O) groups excluding carboxylic acids is 4. The second-order valence-corrected chi connectivity index (χ2v) is 13.3. The summed E-state index contributed by atoms with van der Waals surface area (Å²) in [4.78, 5) is 51.6. The molecule has 4 amide bonds. The van der Waals surface area contributed by atoms with Crippen molar-refractivity contribution in [2.24, 2.45) is 5.92 Å². The number of halogens is 1. The maximum atomic E-state index is 13.3. The largest absolute Gasteiger partial charge is 0.494 e. The monoisotopic (exact) mass is 691 g/mol. The van der Waals surface area contributed by atoms with Gasteiger partial charge in [-0.15, -0.1) is 0 Å². The summed E-state index contributed by atoms with van der Waals surface area (Å²) in [6, 6.07) is 15.1. The molecule has 11 heteroatoms. The van der Waals surface area contributed by atoms with Crippen LogP contribution in [0.4, 0.5) is 4.79 Å². The highest BCUT2D eigenvalue weighted by Crippen LogP contribution is 2.16. The third-order valence-electron chi connectivity index (χ3n) is 6.14. The molecule has 0 saturated heterocycles. The lowest BCUT2D eigenvalue weighted by molar-refractivity contribution is -0.140. The van der Waals surface area contributed by atoms with Crippen molar-refractivity contribution < 1.29 is 23.9 Å². The minimum atomic E-state index is -1.49. The Labute approximate surface area is 259 Å². The Morgan fingerprint density at radius 2 is 1.54 bits per heavy atom. The zero-order chi connectivity index (χ0) is 30.4. The highest BCUT2D eigenvalue weighted by molar-refractivity contribution is 14.1. The van der Waals surface area contributed by atoms with Crippen LogP contribution in [0.2, 0.25) is 0 Å². The predicted molar refractivity (Wildman–Crippen MR) is 169 cm³/mol. The standard InChI is InChI=1S/C30H40IN4O5Si/c1-5-25(26(36)27(37)32-18-23-11-13-24(14-12-23)40-16-15-21(4)31)34-28(38)30(41,17-20(2)3)35-29(39)33-19-22-9-7-6-8-10-22/h6-14,20-21,25H,5,15-19H2,1-4H3,(H,32,37)(H,34,38)(H2,33,35,39)/t21?,25?,30-/m0/s1. The number of nitrogens with one attached hydrogen (secondary N) is 4. The maximum absolute atomic E-state index is 13.3. The Morgan fingerprint density at radius 3 is 2.12 bits per heavy atom. The molecule has 221 valence electrons. The van der Waals surface area contributed by atoms with Gasteiger partial charge in [0.15, 0.2) is 0 Å². The summed E-state index contributed by atoms with van der Waals surface area (Å²) in [6.45, 7) is 8.69. The summed E-state index contributed by atoms with van der Waals surface area (Å²) in [5.41, 5.74) is 1.71. The second kappa shape index (κ2) is 17.1. The van der Waals surface area contributed by atoms with E-state index in [0.717, 1.165) is 23.3 Å². The topological polar surface area (TPSA) is 126 Å². The zero-order valence-corrected chi connectivity index (χ0v) is 27.2. The maximum Gasteiger partial charge on any atom is 0.315 e. The number of alkyl halides is 1. The zero-order valence-electron chi connectivity index (χ0n) is 24.1.